The van der Waals surface area contributed by atoms with E-state index in [1.165, 1.54) is 12.1 Å². The van der Waals surface area contributed by atoms with Crippen molar-refractivity contribution in [2.75, 3.05) is 0 Å². The highest BCUT2D eigenvalue weighted by molar-refractivity contribution is 5.70. The Morgan fingerprint density at radius 2 is 1.71 bits per heavy atom. The molecular weight excluding hydrogens is 237 g/mol. The van der Waals surface area contributed by atoms with Crippen molar-refractivity contribution in [2.24, 2.45) is 0 Å². The van der Waals surface area contributed by atoms with Crippen LogP contribution in [0.1, 0.15) is 19.4 Å². The van der Waals surface area contributed by atoms with Gasteiger partial charge in [-0.25, -0.2) is 0 Å². The molecule has 0 radical (unpaired) electrons. The number of alkyl halides is 3. The third-order valence-electron chi connectivity index (χ3n) is 1.51. The highest BCUT2D eigenvalue weighted by Crippen LogP contribution is 2.22. The van der Waals surface area contributed by atoms with E-state index in [4.69, 9.17) is 5.11 Å². The number of ether oxygens (including phenoxy) is 1. The molecule has 0 aliphatic carbocycles. The van der Waals surface area contributed by atoms with Gasteiger partial charge in [-0.15, -0.1) is 13.2 Å². The van der Waals surface area contributed by atoms with Crippen LogP contribution in [0, 0.1) is 0 Å². The molecule has 1 aromatic rings. The lowest BCUT2D eigenvalue weighted by atomic mass is 10.1. The van der Waals surface area contributed by atoms with Crippen molar-refractivity contribution in [1.82, 2.24) is 0 Å². The molecule has 0 spiro atoms. The predicted molar refractivity (Wildman–Crippen MR) is 55.8 cm³/mol. The summed E-state index contributed by atoms with van der Waals surface area (Å²) in [6, 6.07) is 4.70. The van der Waals surface area contributed by atoms with Gasteiger partial charge >= 0.3 is 12.3 Å². The molecule has 0 fully saturated rings. The van der Waals surface area contributed by atoms with E-state index in [-0.39, 0.29) is 12.2 Å². The molecule has 1 N–H and O–H groups in total. The molecule has 6 heteroatoms. The van der Waals surface area contributed by atoms with Gasteiger partial charge in [0.2, 0.25) is 0 Å². The number of carboxylic acids is 1. The summed E-state index contributed by atoms with van der Waals surface area (Å²) in [6.45, 7) is 4.00. The maximum absolute atomic E-state index is 11.7. The number of rotatable bonds is 3. The monoisotopic (exact) mass is 250 g/mol. The fraction of sp³-hybridized carbons (Fsp3) is 0.364. The van der Waals surface area contributed by atoms with Crippen LogP contribution in [0.2, 0.25) is 0 Å². The minimum Gasteiger partial charge on any atom is -0.481 e. The van der Waals surface area contributed by atoms with Crippen molar-refractivity contribution >= 4 is 5.97 Å². The van der Waals surface area contributed by atoms with Crippen LogP contribution in [0.4, 0.5) is 13.2 Å². The van der Waals surface area contributed by atoms with E-state index in [0.717, 1.165) is 12.1 Å². The third kappa shape index (κ3) is 7.21. The molecule has 1 aromatic carbocycles. The number of halogens is 3. The lowest BCUT2D eigenvalue weighted by Crippen LogP contribution is -2.17. The Balaban J connectivity index is 0.00000121. The Kier molecular flexibility index (Phi) is 6.09. The molecule has 17 heavy (non-hydrogen) atoms. The van der Waals surface area contributed by atoms with Crippen molar-refractivity contribution in [2.45, 2.75) is 26.6 Å². The second-order valence-electron chi connectivity index (χ2n) is 2.76. The van der Waals surface area contributed by atoms with Crippen LogP contribution < -0.4 is 4.74 Å². The van der Waals surface area contributed by atoms with Crippen LogP contribution in [0.3, 0.4) is 0 Å². The first-order valence-electron chi connectivity index (χ1n) is 4.93. The molecule has 96 valence electrons. The molecule has 0 saturated heterocycles. The van der Waals surface area contributed by atoms with E-state index in [9.17, 15) is 18.0 Å². The van der Waals surface area contributed by atoms with Gasteiger partial charge in [-0.2, -0.15) is 0 Å². The molecule has 0 saturated carbocycles. The molecule has 0 aromatic heterocycles. The van der Waals surface area contributed by atoms with Crippen LogP contribution in [-0.2, 0) is 11.2 Å². The quantitative estimate of drug-likeness (QED) is 0.895. The Labute approximate surface area is 96.8 Å². The number of carboxylic acid groups (broad SMARTS) is 1. The van der Waals surface area contributed by atoms with Crippen LogP contribution in [-0.4, -0.2) is 17.4 Å². The van der Waals surface area contributed by atoms with Gasteiger partial charge in [-0.05, 0) is 17.7 Å². The number of hydrogen-bond acceptors (Lipinski definition) is 2. The second-order valence-corrected chi connectivity index (χ2v) is 2.76. The van der Waals surface area contributed by atoms with E-state index in [2.05, 4.69) is 4.74 Å². The second kappa shape index (κ2) is 6.78. The Bertz CT molecular complexity index is 344. The summed E-state index contributed by atoms with van der Waals surface area (Å²) < 4.78 is 38.8. The SMILES string of the molecule is CC.O=C(O)Cc1ccc(OC(F)(F)F)cc1. The zero-order valence-electron chi connectivity index (χ0n) is 9.41. The van der Waals surface area contributed by atoms with Crippen LogP contribution >= 0.6 is 0 Å². The topological polar surface area (TPSA) is 46.5 Å². The first-order valence-corrected chi connectivity index (χ1v) is 4.93. The largest absolute Gasteiger partial charge is 0.573 e. The lowest BCUT2D eigenvalue weighted by molar-refractivity contribution is -0.274. The molecule has 0 atom stereocenters. The normalized spacial score (nSPS) is 10.2. The maximum Gasteiger partial charge on any atom is 0.573 e. The average Bonchev–Trinajstić information content (AvgIpc) is 2.21. The summed E-state index contributed by atoms with van der Waals surface area (Å²) in [7, 11) is 0. The molecule has 0 heterocycles. The number of benzene rings is 1. The summed E-state index contributed by atoms with van der Waals surface area (Å²) >= 11 is 0. The van der Waals surface area contributed by atoms with Gasteiger partial charge in [-0.3, -0.25) is 4.79 Å². The van der Waals surface area contributed by atoms with Gasteiger partial charge in [0, 0.05) is 0 Å². The standard InChI is InChI=1S/C9H7F3O3.C2H6/c10-9(11,12)15-7-3-1-6(2-4-7)5-8(13)14;1-2/h1-4H,5H2,(H,13,14);1-2H3. The minimum atomic E-state index is -4.73. The smallest absolute Gasteiger partial charge is 0.481 e. The van der Waals surface area contributed by atoms with Gasteiger partial charge in [-0.1, -0.05) is 26.0 Å². The van der Waals surface area contributed by atoms with Gasteiger partial charge in [0.15, 0.2) is 0 Å². The van der Waals surface area contributed by atoms with Crippen molar-refractivity contribution in [3.63, 3.8) is 0 Å². The Morgan fingerprint density at radius 3 is 2.06 bits per heavy atom. The number of hydrogen-bond donors (Lipinski definition) is 1. The molecule has 0 amide bonds. The van der Waals surface area contributed by atoms with E-state index >= 15 is 0 Å². The summed E-state index contributed by atoms with van der Waals surface area (Å²) in [6.07, 6.45) is -4.96. The van der Waals surface area contributed by atoms with Crippen LogP contribution in [0.5, 0.6) is 5.75 Å². The summed E-state index contributed by atoms with van der Waals surface area (Å²) in [5, 5.41) is 8.41. The van der Waals surface area contributed by atoms with Crippen molar-refractivity contribution in [1.29, 1.82) is 0 Å². The highest BCUT2D eigenvalue weighted by Gasteiger charge is 2.30. The fourth-order valence-electron chi connectivity index (χ4n) is 0.984. The van der Waals surface area contributed by atoms with E-state index in [1.807, 2.05) is 13.8 Å². The summed E-state index contributed by atoms with van der Waals surface area (Å²) in [5.74, 6) is -1.41. The van der Waals surface area contributed by atoms with E-state index in [1.54, 1.807) is 0 Å². The zero-order chi connectivity index (χ0) is 13.5. The van der Waals surface area contributed by atoms with Gasteiger partial charge in [0.25, 0.3) is 0 Å². The molecule has 0 aliphatic heterocycles. The Morgan fingerprint density at radius 1 is 1.24 bits per heavy atom. The lowest BCUT2D eigenvalue weighted by Gasteiger charge is -2.08. The highest BCUT2D eigenvalue weighted by atomic mass is 19.4. The zero-order valence-corrected chi connectivity index (χ0v) is 9.41. The first-order chi connectivity index (χ1) is 7.87. The van der Waals surface area contributed by atoms with Crippen molar-refractivity contribution in [3.05, 3.63) is 29.8 Å². The summed E-state index contributed by atoms with van der Waals surface area (Å²) in [4.78, 5) is 10.3. The predicted octanol–water partition coefficient (Wildman–Crippen LogP) is 3.24. The molecular formula is C11H13F3O3. The van der Waals surface area contributed by atoms with Crippen LogP contribution in [0.25, 0.3) is 0 Å². The molecule has 0 aliphatic rings. The van der Waals surface area contributed by atoms with E-state index in [0.29, 0.717) is 5.56 Å². The molecule has 0 bridgehead atoms. The number of carbonyl (C=O) groups is 1. The molecule has 1 rings (SSSR count). The third-order valence-corrected chi connectivity index (χ3v) is 1.51. The molecule has 0 unspecified atom stereocenters. The van der Waals surface area contributed by atoms with Crippen molar-refractivity contribution in [3.8, 4) is 5.75 Å². The minimum absolute atomic E-state index is 0.230. The first kappa shape index (κ1) is 15.3. The fourth-order valence-corrected chi connectivity index (χ4v) is 0.984. The van der Waals surface area contributed by atoms with E-state index < -0.39 is 12.3 Å². The average molecular weight is 250 g/mol. The van der Waals surface area contributed by atoms with Gasteiger partial charge in [0.05, 0.1) is 6.42 Å². The van der Waals surface area contributed by atoms with Crippen molar-refractivity contribution < 1.29 is 27.8 Å². The Hall–Kier alpha value is -1.72. The summed E-state index contributed by atoms with van der Waals surface area (Å²) in [5.41, 5.74) is 0.414. The van der Waals surface area contributed by atoms with Crippen LogP contribution in [0.15, 0.2) is 24.3 Å². The molecule has 3 nitrogen and oxygen atoms in total. The van der Waals surface area contributed by atoms with Gasteiger partial charge < -0.3 is 9.84 Å². The number of aliphatic carboxylic acids is 1. The maximum atomic E-state index is 11.7. The van der Waals surface area contributed by atoms with Gasteiger partial charge in [0.1, 0.15) is 5.75 Å².